The van der Waals surface area contributed by atoms with Crippen LogP contribution in [0.5, 0.6) is 0 Å². The molecule has 0 spiro atoms. The molecule has 0 radical (unpaired) electrons. The number of hydrogen-bond acceptors (Lipinski definition) is 4. The van der Waals surface area contributed by atoms with Gasteiger partial charge in [0.25, 0.3) is 0 Å². The van der Waals surface area contributed by atoms with Gasteiger partial charge in [-0.05, 0) is 31.9 Å². The molecule has 1 aliphatic heterocycles. The number of nitrogens with one attached hydrogen (secondary N) is 1. The van der Waals surface area contributed by atoms with Gasteiger partial charge < -0.3 is 5.32 Å². The van der Waals surface area contributed by atoms with Crippen molar-refractivity contribution in [3.8, 4) is 0 Å². The molecule has 1 aliphatic rings. The quantitative estimate of drug-likeness (QED) is 0.856. The lowest BCUT2D eigenvalue weighted by Crippen LogP contribution is -2.42. The van der Waals surface area contributed by atoms with E-state index in [4.69, 9.17) is 0 Å². The average Bonchev–Trinajstić information content (AvgIpc) is 2.97. The second-order valence-electron chi connectivity index (χ2n) is 6.62. The molecule has 0 aliphatic carbocycles. The first-order chi connectivity index (χ1) is 12.4. The van der Waals surface area contributed by atoms with Crippen molar-refractivity contribution >= 4 is 15.9 Å². The Bertz CT molecular complexity index is 869. The van der Waals surface area contributed by atoms with Gasteiger partial charge in [0, 0.05) is 44.4 Å². The van der Waals surface area contributed by atoms with Crippen molar-refractivity contribution in [2.75, 3.05) is 13.1 Å². The maximum absolute atomic E-state index is 12.6. The number of piperidine rings is 1. The molecule has 2 heterocycles. The van der Waals surface area contributed by atoms with Crippen molar-refractivity contribution in [2.24, 2.45) is 13.0 Å². The molecule has 1 saturated heterocycles. The van der Waals surface area contributed by atoms with Crippen molar-refractivity contribution in [3.63, 3.8) is 0 Å². The molecule has 140 valence electrons. The number of aryl methyl sites for hydroxylation is 2. The van der Waals surface area contributed by atoms with E-state index >= 15 is 0 Å². The summed E-state index contributed by atoms with van der Waals surface area (Å²) in [7, 11) is -1.63. The van der Waals surface area contributed by atoms with Crippen molar-refractivity contribution in [1.82, 2.24) is 19.4 Å². The summed E-state index contributed by atoms with van der Waals surface area (Å²) < 4.78 is 28.5. The van der Waals surface area contributed by atoms with Crippen LogP contribution in [-0.4, -0.2) is 41.5 Å². The van der Waals surface area contributed by atoms with Gasteiger partial charge in [-0.3, -0.25) is 9.48 Å². The Labute approximate surface area is 154 Å². The van der Waals surface area contributed by atoms with Gasteiger partial charge in [-0.2, -0.15) is 9.40 Å². The first-order valence-corrected chi connectivity index (χ1v) is 10.1. The number of nitrogens with zero attached hydrogens (tertiary/aromatic N) is 3. The lowest BCUT2D eigenvalue weighted by molar-refractivity contribution is -0.126. The zero-order chi connectivity index (χ0) is 18.7. The van der Waals surface area contributed by atoms with E-state index in [-0.39, 0.29) is 11.8 Å². The molecule has 8 heteroatoms. The number of hydrogen-bond donors (Lipinski definition) is 1. The molecule has 0 atom stereocenters. The number of carbonyl (C=O) groups excluding carboxylic acids is 1. The lowest BCUT2D eigenvalue weighted by atomic mass is 9.97. The Morgan fingerprint density at radius 3 is 2.46 bits per heavy atom. The highest BCUT2D eigenvalue weighted by Crippen LogP contribution is 2.24. The molecular formula is C18H24N4O3S. The number of sulfonamides is 1. The minimum absolute atomic E-state index is 0.0231. The van der Waals surface area contributed by atoms with Crippen molar-refractivity contribution in [2.45, 2.75) is 31.2 Å². The van der Waals surface area contributed by atoms with Crippen LogP contribution in [0.25, 0.3) is 0 Å². The monoisotopic (exact) mass is 376 g/mol. The Balaban J connectivity index is 1.55. The summed E-state index contributed by atoms with van der Waals surface area (Å²) in [5, 5.41) is 7.21. The van der Waals surface area contributed by atoms with Gasteiger partial charge in [-0.25, -0.2) is 8.42 Å². The maximum atomic E-state index is 12.6. The zero-order valence-electron chi connectivity index (χ0n) is 15.1. The molecular weight excluding hydrogens is 352 g/mol. The normalized spacial score (nSPS) is 16.5. The van der Waals surface area contributed by atoms with Crippen LogP contribution >= 0.6 is 0 Å². The molecule has 26 heavy (non-hydrogen) atoms. The van der Waals surface area contributed by atoms with E-state index in [1.165, 1.54) is 4.31 Å². The highest BCUT2D eigenvalue weighted by molar-refractivity contribution is 7.89. The Morgan fingerprint density at radius 1 is 1.23 bits per heavy atom. The molecule has 0 saturated carbocycles. The van der Waals surface area contributed by atoms with Gasteiger partial charge in [0.05, 0.1) is 10.6 Å². The van der Waals surface area contributed by atoms with Crippen LogP contribution < -0.4 is 5.32 Å². The van der Waals surface area contributed by atoms with Crippen LogP contribution in [0.3, 0.4) is 0 Å². The van der Waals surface area contributed by atoms with E-state index in [2.05, 4.69) is 10.4 Å². The zero-order valence-corrected chi connectivity index (χ0v) is 15.9. The van der Waals surface area contributed by atoms with Gasteiger partial charge in [0.15, 0.2) is 0 Å². The molecule has 0 unspecified atom stereocenters. The second kappa shape index (κ2) is 7.59. The molecule has 1 aromatic carbocycles. The molecule has 2 aromatic rings. The fourth-order valence-electron chi connectivity index (χ4n) is 3.25. The first-order valence-electron chi connectivity index (χ1n) is 8.70. The van der Waals surface area contributed by atoms with E-state index in [0.29, 0.717) is 37.4 Å². The van der Waals surface area contributed by atoms with E-state index in [1.54, 1.807) is 35.0 Å². The summed E-state index contributed by atoms with van der Waals surface area (Å²) in [5.41, 5.74) is 1.89. The lowest BCUT2D eigenvalue weighted by Gasteiger charge is -2.30. The topological polar surface area (TPSA) is 84.3 Å². The van der Waals surface area contributed by atoms with E-state index in [0.717, 1.165) is 11.3 Å². The number of aromatic nitrogens is 2. The number of benzene rings is 1. The van der Waals surface area contributed by atoms with Crippen molar-refractivity contribution < 1.29 is 13.2 Å². The van der Waals surface area contributed by atoms with Crippen LogP contribution in [0.2, 0.25) is 0 Å². The number of rotatable bonds is 5. The highest BCUT2D eigenvalue weighted by Gasteiger charge is 2.31. The summed E-state index contributed by atoms with van der Waals surface area (Å²) in [6.45, 7) is 3.08. The minimum Gasteiger partial charge on any atom is -0.352 e. The van der Waals surface area contributed by atoms with E-state index in [9.17, 15) is 13.2 Å². The molecule has 7 nitrogen and oxygen atoms in total. The van der Waals surface area contributed by atoms with Crippen molar-refractivity contribution in [1.29, 1.82) is 0 Å². The van der Waals surface area contributed by atoms with Crippen molar-refractivity contribution in [3.05, 3.63) is 47.8 Å². The van der Waals surface area contributed by atoms with Crippen LogP contribution in [0.15, 0.2) is 41.4 Å². The Morgan fingerprint density at radius 2 is 1.88 bits per heavy atom. The molecule has 0 bridgehead atoms. The Kier molecular flexibility index (Phi) is 5.43. The van der Waals surface area contributed by atoms with Gasteiger partial charge in [-0.1, -0.05) is 18.2 Å². The van der Waals surface area contributed by atoms with Gasteiger partial charge in [0.2, 0.25) is 15.9 Å². The number of carbonyl (C=O) groups is 1. The standard InChI is InChI=1S/C18H24N4O3S/c1-14-16(13-21(2)20-14)12-19-18(23)15-8-10-22(11-9-15)26(24,25)17-6-4-3-5-7-17/h3-7,13,15H,8-12H2,1-2H3,(H,19,23). The second-order valence-corrected chi connectivity index (χ2v) is 8.56. The van der Waals surface area contributed by atoms with Crippen LogP contribution in [-0.2, 0) is 28.4 Å². The summed E-state index contributed by atoms with van der Waals surface area (Å²) in [5.74, 6) is -0.181. The first kappa shape index (κ1) is 18.6. The summed E-state index contributed by atoms with van der Waals surface area (Å²) in [4.78, 5) is 12.7. The Hall–Kier alpha value is -2.19. The van der Waals surface area contributed by atoms with Crippen LogP contribution in [0.4, 0.5) is 0 Å². The molecule has 1 fully saturated rings. The predicted molar refractivity (Wildman–Crippen MR) is 97.7 cm³/mol. The average molecular weight is 376 g/mol. The molecule has 1 amide bonds. The fourth-order valence-corrected chi connectivity index (χ4v) is 4.74. The SMILES string of the molecule is Cc1nn(C)cc1CNC(=O)C1CCN(S(=O)(=O)c2ccccc2)CC1. The van der Waals surface area contributed by atoms with Crippen LogP contribution in [0.1, 0.15) is 24.1 Å². The largest absolute Gasteiger partial charge is 0.352 e. The third kappa shape index (κ3) is 3.96. The summed E-state index contributed by atoms with van der Waals surface area (Å²) in [6.07, 6.45) is 2.96. The number of amides is 1. The predicted octanol–water partition coefficient (Wildman–Crippen LogP) is 1.45. The highest BCUT2D eigenvalue weighted by atomic mass is 32.2. The summed E-state index contributed by atoms with van der Waals surface area (Å²) >= 11 is 0. The van der Waals surface area contributed by atoms with Gasteiger partial charge >= 0.3 is 0 Å². The maximum Gasteiger partial charge on any atom is 0.243 e. The van der Waals surface area contributed by atoms with Crippen LogP contribution in [0, 0.1) is 12.8 Å². The smallest absolute Gasteiger partial charge is 0.243 e. The van der Waals surface area contributed by atoms with Gasteiger partial charge in [0.1, 0.15) is 0 Å². The molecule has 1 aromatic heterocycles. The van der Waals surface area contributed by atoms with Gasteiger partial charge in [-0.15, -0.1) is 0 Å². The summed E-state index contributed by atoms with van der Waals surface area (Å²) in [6, 6.07) is 8.43. The third-order valence-corrected chi connectivity index (χ3v) is 6.69. The minimum atomic E-state index is -3.48. The van der Waals surface area contributed by atoms with E-state index in [1.807, 2.05) is 20.2 Å². The van der Waals surface area contributed by atoms with E-state index < -0.39 is 10.0 Å². The molecule has 3 rings (SSSR count). The third-order valence-electron chi connectivity index (χ3n) is 4.77. The molecule has 1 N–H and O–H groups in total. The fraction of sp³-hybridized carbons (Fsp3) is 0.444.